The highest BCUT2D eigenvalue weighted by Crippen LogP contribution is 2.35. The van der Waals surface area contributed by atoms with Crippen LogP contribution in [-0.4, -0.2) is 19.0 Å². The van der Waals surface area contributed by atoms with Gasteiger partial charge in [0, 0.05) is 19.1 Å². The van der Waals surface area contributed by atoms with Crippen LogP contribution < -0.4 is 0 Å². The summed E-state index contributed by atoms with van der Waals surface area (Å²) in [6.45, 7) is 12.8. The quantitative estimate of drug-likeness (QED) is 0.209. The second-order valence-corrected chi connectivity index (χ2v) is 6.90. The van der Waals surface area contributed by atoms with Crippen LogP contribution in [0.2, 0.25) is 0 Å². The second-order valence-electron chi connectivity index (χ2n) is 6.90. The topological polar surface area (TPSA) is 18.5 Å². The lowest BCUT2D eigenvalue weighted by Crippen LogP contribution is -2.44. The molecule has 0 saturated carbocycles. The van der Waals surface area contributed by atoms with E-state index in [2.05, 4.69) is 34.6 Å². The van der Waals surface area contributed by atoms with Gasteiger partial charge in [0.25, 0.3) is 0 Å². The lowest BCUT2D eigenvalue weighted by molar-refractivity contribution is -0.272. The van der Waals surface area contributed by atoms with Gasteiger partial charge in [0.2, 0.25) is 0 Å². The van der Waals surface area contributed by atoms with Crippen molar-refractivity contribution < 1.29 is 9.47 Å². The van der Waals surface area contributed by atoms with E-state index in [1.807, 2.05) is 0 Å². The van der Waals surface area contributed by atoms with Crippen molar-refractivity contribution in [1.29, 1.82) is 0 Å². The minimum atomic E-state index is -0.342. The number of rotatable bonds is 17. The molecule has 0 aliphatic heterocycles. The maximum absolute atomic E-state index is 6.32. The average molecular weight is 329 g/mol. The number of hydrogen-bond donors (Lipinski definition) is 0. The first-order valence-corrected chi connectivity index (χ1v) is 10.5. The van der Waals surface area contributed by atoms with E-state index in [1.54, 1.807) is 0 Å². The first-order chi connectivity index (χ1) is 11.2. The standard InChI is InChI=1S/C21H44O2/c1-6-11-12-13-14-15-17-20(16-7-2)21(10-5,22-18-8-3)23-19-9-4/h20H,6-19H2,1-5H3. The molecule has 0 rings (SSSR count). The van der Waals surface area contributed by atoms with E-state index in [-0.39, 0.29) is 5.79 Å². The summed E-state index contributed by atoms with van der Waals surface area (Å²) in [7, 11) is 0. The summed E-state index contributed by atoms with van der Waals surface area (Å²) >= 11 is 0. The van der Waals surface area contributed by atoms with Crippen molar-refractivity contribution in [1.82, 2.24) is 0 Å². The lowest BCUT2D eigenvalue weighted by atomic mass is 9.86. The molecule has 1 atom stereocenters. The summed E-state index contributed by atoms with van der Waals surface area (Å²) in [6.07, 6.45) is 15.0. The normalized spacial score (nSPS) is 13.4. The minimum Gasteiger partial charge on any atom is -0.350 e. The molecular weight excluding hydrogens is 284 g/mol. The van der Waals surface area contributed by atoms with E-state index in [0.29, 0.717) is 5.92 Å². The zero-order valence-electron chi connectivity index (χ0n) is 16.8. The first kappa shape index (κ1) is 22.9. The minimum absolute atomic E-state index is 0.342. The van der Waals surface area contributed by atoms with Gasteiger partial charge < -0.3 is 9.47 Å². The van der Waals surface area contributed by atoms with Crippen molar-refractivity contribution in [3.63, 3.8) is 0 Å². The Morgan fingerprint density at radius 3 is 1.65 bits per heavy atom. The summed E-state index contributed by atoms with van der Waals surface area (Å²) in [5, 5.41) is 0. The Bertz CT molecular complexity index is 232. The van der Waals surface area contributed by atoms with Crippen molar-refractivity contribution >= 4 is 0 Å². The summed E-state index contributed by atoms with van der Waals surface area (Å²) in [4.78, 5) is 0. The molecule has 0 bridgehead atoms. The van der Waals surface area contributed by atoms with Gasteiger partial charge in [-0.2, -0.15) is 0 Å². The summed E-state index contributed by atoms with van der Waals surface area (Å²) in [5.74, 6) is 0.201. The summed E-state index contributed by atoms with van der Waals surface area (Å²) in [6, 6.07) is 0. The molecule has 0 aromatic heterocycles. The molecule has 23 heavy (non-hydrogen) atoms. The van der Waals surface area contributed by atoms with Crippen molar-refractivity contribution in [2.75, 3.05) is 13.2 Å². The molecule has 1 unspecified atom stereocenters. The highest BCUT2D eigenvalue weighted by Gasteiger charge is 2.38. The fourth-order valence-electron chi connectivity index (χ4n) is 3.42. The SMILES string of the molecule is CCCCCCCCC(CCC)C(CC)(OCCC)OCCC. The van der Waals surface area contributed by atoms with Crippen LogP contribution in [0.5, 0.6) is 0 Å². The van der Waals surface area contributed by atoms with Gasteiger partial charge in [-0.1, -0.05) is 79.6 Å². The molecule has 0 amide bonds. The van der Waals surface area contributed by atoms with Crippen molar-refractivity contribution in [3.8, 4) is 0 Å². The smallest absolute Gasteiger partial charge is 0.170 e. The molecule has 0 spiro atoms. The van der Waals surface area contributed by atoms with Crippen LogP contribution in [0.1, 0.15) is 112 Å². The van der Waals surface area contributed by atoms with Crippen LogP contribution in [0.4, 0.5) is 0 Å². The molecule has 0 saturated heterocycles. The van der Waals surface area contributed by atoms with Gasteiger partial charge >= 0.3 is 0 Å². The molecule has 0 aliphatic rings. The molecule has 0 aromatic carbocycles. The van der Waals surface area contributed by atoms with Gasteiger partial charge in [0.1, 0.15) is 0 Å². The van der Waals surface area contributed by atoms with E-state index < -0.39 is 0 Å². The van der Waals surface area contributed by atoms with Crippen LogP contribution in [0.3, 0.4) is 0 Å². The average Bonchev–Trinajstić information content (AvgIpc) is 2.58. The summed E-state index contributed by atoms with van der Waals surface area (Å²) < 4.78 is 12.6. The largest absolute Gasteiger partial charge is 0.350 e. The molecule has 140 valence electrons. The van der Waals surface area contributed by atoms with Crippen LogP contribution >= 0.6 is 0 Å². The van der Waals surface area contributed by atoms with E-state index >= 15 is 0 Å². The van der Waals surface area contributed by atoms with E-state index in [9.17, 15) is 0 Å². The molecule has 0 aromatic rings. The Labute approximate surface area is 146 Å². The molecule has 0 radical (unpaired) electrons. The second kappa shape index (κ2) is 15.4. The number of ether oxygens (including phenoxy) is 2. The lowest BCUT2D eigenvalue weighted by Gasteiger charge is -2.40. The monoisotopic (exact) mass is 328 g/mol. The van der Waals surface area contributed by atoms with Gasteiger partial charge in [-0.25, -0.2) is 0 Å². The van der Waals surface area contributed by atoms with E-state index in [1.165, 1.54) is 57.8 Å². The highest BCUT2D eigenvalue weighted by molar-refractivity contribution is 4.79. The maximum Gasteiger partial charge on any atom is 0.170 e. The highest BCUT2D eigenvalue weighted by atomic mass is 16.7. The van der Waals surface area contributed by atoms with Gasteiger partial charge in [-0.05, 0) is 32.1 Å². The third-order valence-corrected chi connectivity index (χ3v) is 4.76. The third kappa shape index (κ3) is 9.72. The van der Waals surface area contributed by atoms with E-state index in [4.69, 9.17) is 9.47 Å². The maximum atomic E-state index is 6.32. The Balaban J connectivity index is 4.62. The van der Waals surface area contributed by atoms with Crippen molar-refractivity contribution in [2.24, 2.45) is 5.92 Å². The van der Waals surface area contributed by atoms with E-state index in [0.717, 1.165) is 32.5 Å². The van der Waals surface area contributed by atoms with Gasteiger partial charge in [0.15, 0.2) is 5.79 Å². The molecule has 2 nitrogen and oxygen atoms in total. The van der Waals surface area contributed by atoms with Gasteiger partial charge in [-0.3, -0.25) is 0 Å². The van der Waals surface area contributed by atoms with Gasteiger partial charge in [-0.15, -0.1) is 0 Å². The zero-order chi connectivity index (χ0) is 17.4. The predicted octanol–water partition coefficient (Wildman–Crippen LogP) is 7.11. The first-order valence-electron chi connectivity index (χ1n) is 10.5. The molecule has 0 heterocycles. The number of unbranched alkanes of at least 4 members (excludes halogenated alkanes) is 5. The fourth-order valence-corrected chi connectivity index (χ4v) is 3.42. The Morgan fingerprint density at radius 2 is 1.17 bits per heavy atom. The van der Waals surface area contributed by atoms with Crippen molar-refractivity contribution in [3.05, 3.63) is 0 Å². The molecule has 0 aliphatic carbocycles. The van der Waals surface area contributed by atoms with Crippen molar-refractivity contribution in [2.45, 2.75) is 117 Å². The van der Waals surface area contributed by atoms with Crippen LogP contribution in [0, 0.1) is 5.92 Å². The Morgan fingerprint density at radius 1 is 0.609 bits per heavy atom. The van der Waals surface area contributed by atoms with Crippen LogP contribution in [-0.2, 0) is 9.47 Å². The zero-order valence-corrected chi connectivity index (χ0v) is 16.8. The third-order valence-electron chi connectivity index (χ3n) is 4.76. The predicted molar refractivity (Wildman–Crippen MR) is 102 cm³/mol. The fraction of sp³-hybridized carbons (Fsp3) is 1.00. The Hall–Kier alpha value is -0.0800. The molecule has 2 heteroatoms. The summed E-state index contributed by atoms with van der Waals surface area (Å²) in [5.41, 5.74) is 0. The molecule has 0 N–H and O–H groups in total. The molecule has 0 fully saturated rings. The number of hydrogen-bond acceptors (Lipinski definition) is 2. The van der Waals surface area contributed by atoms with Crippen LogP contribution in [0.15, 0.2) is 0 Å². The molecular formula is C21H44O2. The Kier molecular flexibility index (Phi) is 15.4. The van der Waals surface area contributed by atoms with Crippen LogP contribution in [0.25, 0.3) is 0 Å². The van der Waals surface area contributed by atoms with Gasteiger partial charge in [0.05, 0.1) is 0 Å².